The van der Waals surface area contributed by atoms with Crippen molar-refractivity contribution in [1.82, 2.24) is 10.2 Å². The second-order valence-corrected chi connectivity index (χ2v) is 7.42. The van der Waals surface area contributed by atoms with Gasteiger partial charge < -0.3 is 10.1 Å². The lowest BCUT2D eigenvalue weighted by Crippen LogP contribution is -2.25. The van der Waals surface area contributed by atoms with Crippen LogP contribution in [0.1, 0.15) is 11.1 Å². The number of rotatable bonds is 4. The second kappa shape index (κ2) is 7.78. The van der Waals surface area contributed by atoms with E-state index in [1.165, 1.54) is 7.05 Å². The summed E-state index contributed by atoms with van der Waals surface area (Å²) in [5.74, 6) is 0.174. The van der Waals surface area contributed by atoms with Crippen LogP contribution in [-0.4, -0.2) is 23.9 Å². The number of halogens is 2. The predicted molar refractivity (Wildman–Crippen MR) is 114 cm³/mol. The highest BCUT2D eigenvalue weighted by Crippen LogP contribution is 2.32. The molecular formula is C22H16Cl2N2O3. The highest BCUT2D eigenvalue weighted by molar-refractivity contribution is 6.35. The summed E-state index contributed by atoms with van der Waals surface area (Å²) in [6.07, 6.45) is 1.64. The van der Waals surface area contributed by atoms with E-state index in [2.05, 4.69) is 5.32 Å². The van der Waals surface area contributed by atoms with Crippen molar-refractivity contribution in [1.29, 1.82) is 0 Å². The molecule has 1 saturated heterocycles. The van der Waals surface area contributed by atoms with Gasteiger partial charge in [0.1, 0.15) is 18.1 Å². The van der Waals surface area contributed by atoms with E-state index in [9.17, 15) is 9.59 Å². The molecule has 5 nitrogen and oxygen atoms in total. The van der Waals surface area contributed by atoms with Gasteiger partial charge in [-0.05, 0) is 35.0 Å². The van der Waals surface area contributed by atoms with Crippen LogP contribution in [0.25, 0.3) is 16.8 Å². The van der Waals surface area contributed by atoms with Gasteiger partial charge in [0.2, 0.25) is 0 Å². The molecule has 3 amide bonds. The molecule has 4 rings (SSSR count). The van der Waals surface area contributed by atoms with E-state index in [1.54, 1.807) is 24.3 Å². The van der Waals surface area contributed by atoms with Gasteiger partial charge in [-0.3, -0.25) is 9.69 Å². The Kier molecular flexibility index (Phi) is 5.18. The number of amides is 3. The molecule has 146 valence electrons. The van der Waals surface area contributed by atoms with Gasteiger partial charge in [-0.25, -0.2) is 4.79 Å². The number of nitrogens with zero attached hydrogens (tertiary/aromatic N) is 1. The molecule has 0 unspecified atom stereocenters. The topological polar surface area (TPSA) is 58.6 Å². The Hall–Kier alpha value is -3.02. The molecule has 0 aromatic heterocycles. The number of nitrogens with one attached hydrogen (secondary N) is 1. The molecule has 1 heterocycles. The van der Waals surface area contributed by atoms with Crippen LogP contribution in [0.15, 0.2) is 60.3 Å². The van der Waals surface area contributed by atoms with Gasteiger partial charge in [0, 0.05) is 28.2 Å². The zero-order valence-corrected chi connectivity index (χ0v) is 16.9. The lowest BCUT2D eigenvalue weighted by Gasteiger charge is -2.13. The molecule has 29 heavy (non-hydrogen) atoms. The van der Waals surface area contributed by atoms with Crippen LogP contribution in [0, 0.1) is 0 Å². The fourth-order valence-corrected chi connectivity index (χ4v) is 3.58. The molecule has 1 fully saturated rings. The number of benzene rings is 3. The lowest BCUT2D eigenvalue weighted by atomic mass is 10.0. The molecule has 0 saturated carbocycles. The summed E-state index contributed by atoms with van der Waals surface area (Å²) in [6, 6.07) is 16.3. The highest BCUT2D eigenvalue weighted by atomic mass is 35.5. The number of urea groups is 1. The molecule has 0 atom stereocenters. The molecule has 1 aliphatic rings. The van der Waals surface area contributed by atoms with Crippen molar-refractivity contribution in [3.05, 3.63) is 81.5 Å². The van der Waals surface area contributed by atoms with E-state index in [1.807, 2.05) is 36.4 Å². The molecule has 0 radical (unpaired) electrons. The number of hydrogen-bond acceptors (Lipinski definition) is 3. The minimum atomic E-state index is -0.461. The smallest absolute Gasteiger partial charge is 0.328 e. The summed E-state index contributed by atoms with van der Waals surface area (Å²) < 4.78 is 6.04. The van der Waals surface area contributed by atoms with E-state index < -0.39 is 11.9 Å². The number of fused-ring (bicyclic) bond motifs is 1. The molecule has 0 spiro atoms. The van der Waals surface area contributed by atoms with Crippen LogP contribution in [0.3, 0.4) is 0 Å². The Bertz CT molecular complexity index is 1170. The third-order valence-corrected chi connectivity index (χ3v) is 5.29. The molecule has 3 aromatic rings. The van der Waals surface area contributed by atoms with Crippen LogP contribution >= 0.6 is 23.2 Å². The first-order valence-electron chi connectivity index (χ1n) is 8.83. The van der Waals surface area contributed by atoms with Gasteiger partial charge in [-0.2, -0.15) is 0 Å². The minimum Gasteiger partial charge on any atom is -0.488 e. The maximum atomic E-state index is 12.3. The van der Waals surface area contributed by atoms with E-state index >= 15 is 0 Å². The third kappa shape index (κ3) is 3.79. The zero-order chi connectivity index (χ0) is 20.5. The van der Waals surface area contributed by atoms with E-state index in [0.29, 0.717) is 21.4 Å². The minimum absolute atomic E-state index is 0.197. The highest BCUT2D eigenvalue weighted by Gasteiger charge is 2.30. The van der Waals surface area contributed by atoms with Gasteiger partial charge in [-0.1, -0.05) is 59.6 Å². The molecule has 0 aliphatic carbocycles. The summed E-state index contributed by atoms with van der Waals surface area (Å²) in [7, 11) is 1.43. The van der Waals surface area contributed by atoms with Crippen molar-refractivity contribution in [2.24, 2.45) is 0 Å². The molecule has 7 heteroatoms. The summed E-state index contributed by atoms with van der Waals surface area (Å²) in [6.45, 7) is 0.227. The molecule has 3 aromatic carbocycles. The lowest BCUT2D eigenvalue weighted by molar-refractivity contribution is -0.121. The average Bonchev–Trinajstić information content (AvgIpc) is 2.95. The average molecular weight is 427 g/mol. The number of carbonyl (C=O) groups excluding carboxylic acids is 2. The Morgan fingerprint density at radius 3 is 2.59 bits per heavy atom. The zero-order valence-electron chi connectivity index (χ0n) is 15.4. The van der Waals surface area contributed by atoms with Crippen molar-refractivity contribution < 1.29 is 14.3 Å². The maximum absolute atomic E-state index is 12.3. The number of carbonyl (C=O) groups is 2. The number of hydrogen-bond donors (Lipinski definition) is 1. The van der Waals surface area contributed by atoms with Gasteiger partial charge in [-0.15, -0.1) is 0 Å². The first-order valence-corrected chi connectivity index (χ1v) is 9.59. The Morgan fingerprint density at radius 1 is 1.07 bits per heavy atom. The summed E-state index contributed by atoms with van der Waals surface area (Å²) in [5.41, 5.74) is 1.68. The van der Waals surface area contributed by atoms with Crippen LogP contribution in [-0.2, 0) is 11.4 Å². The van der Waals surface area contributed by atoms with E-state index in [4.69, 9.17) is 27.9 Å². The Morgan fingerprint density at radius 2 is 1.86 bits per heavy atom. The molecular weight excluding hydrogens is 411 g/mol. The van der Waals surface area contributed by atoms with Crippen LogP contribution < -0.4 is 10.1 Å². The van der Waals surface area contributed by atoms with Gasteiger partial charge in [0.05, 0.1) is 0 Å². The van der Waals surface area contributed by atoms with Crippen molar-refractivity contribution >= 4 is 52.0 Å². The fourth-order valence-electron chi connectivity index (χ4n) is 3.11. The largest absolute Gasteiger partial charge is 0.488 e. The van der Waals surface area contributed by atoms with Crippen LogP contribution in [0.4, 0.5) is 4.79 Å². The molecule has 0 bridgehead atoms. The molecule has 1 N–H and O–H groups in total. The first kappa shape index (κ1) is 19.3. The van der Waals surface area contributed by atoms with Crippen molar-refractivity contribution in [2.75, 3.05) is 7.05 Å². The number of ether oxygens (including phenoxy) is 1. The van der Waals surface area contributed by atoms with E-state index in [-0.39, 0.29) is 12.3 Å². The molecule has 1 aliphatic heterocycles. The fraction of sp³-hybridized carbons (Fsp3) is 0.0909. The summed E-state index contributed by atoms with van der Waals surface area (Å²) in [5, 5.41) is 5.54. The number of imide groups is 1. The Balaban J connectivity index is 1.75. The summed E-state index contributed by atoms with van der Waals surface area (Å²) in [4.78, 5) is 25.2. The second-order valence-electron chi connectivity index (χ2n) is 6.58. The van der Waals surface area contributed by atoms with E-state index in [0.717, 1.165) is 21.2 Å². The van der Waals surface area contributed by atoms with Crippen molar-refractivity contribution in [2.45, 2.75) is 6.61 Å². The first-order chi connectivity index (χ1) is 13.9. The van der Waals surface area contributed by atoms with Gasteiger partial charge in [0.15, 0.2) is 0 Å². The predicted octanol–water partition coefficient (Wildman–Crippen LogP) is 5.25. The van der Waals surface area contributed by atoms with Crippen LogP contribution in [0.2, 0.25) is 10.0 Å². The maximum Gasteiger partial charge on any atom is 0.328 e. The summed E-state index contributed by atoms with van der Waals surface area (Å²) >= 11 is 12.2. The van der Waals surface area contributed by atoms with Crippen molar-refractivity contribution in [3.8, 4) is 5.75 Å². The number of likely N-dealkylation sites (N-methyl/N-ethyl adjacent to an activating group) is 1. The standard InChI is InChI=1S/C22H16Cl2N2O3/c1-26-21(27)19(25-22(26)28)11-17-16-5-3-2-4-13(16)7-9-20(17)29-12-14-6-8-15(23)10-18(14)24/h2-11H,12H2,1H3,(H,25,28)/b19-11+. The van der Waals surface area contributed by atoms with Gasteiger partial charge in [0.25, 0.3) is 5.91 Å². The normalized spacial score (nSPS) is 15.3. The monoisotopic (exact) mass is 426 g/mol. The Labute approximate surface area is 177 Å². The van der Waals surface area contributed by atoms with Gasteiger partial charge >= 0.3 is 6.03 Å². The van der Waals surface area contributed by atoms with Crippen LogP contribution in [0.5, 0.6) is 5.75 Å². The van der Waals surface area contributed by atoms with Crippen molar-refractivity contribution in [3.63, 3.8) is 0 Å². The third-order valence-electron chi connectivity index (χ3n) is 4.70. The quantitative estimate of drug-likeness (QED) is 0.457. The SMILES string of the molecule is CN1C(=O)N/C(=C/c2c(OCc3ccc(Cl)cc3Cl)ccc3ccccc23)C1=O.